The molecule has 0 aliphatic carbocycles. The lowest BCUT2D eigenvalue weighted by atomic mass is 10.3. The minimum Gasteiger partial charge on any atom is -0.340 e. The van der Waals surface area contributed by atoms with Crippen molar-refractivity contribution < 1.29 is 9.59 Å². The molecule has 3 nitrogen and oxygen atoms in total. The first kappa shape index (κ1) is 12.4. The number of hydrogen-bond acceptors (Lipinski definition) is 3. The van der Waals surface area contributed by atoms with Gasteiger partial charge in [-0.2, -0.15) is 0 Å². The lowest BCUT2D eigenvalue weighted by molar-refractivity contribution is -0.134. The zero-order valence-electron chi connectivity index (χ0n) is 8.62. The Morgan fingerprint density at radius 2 is 2.20 bits per heavy atom. The number of ketones is 1. The van der Waals surface area contributed by atoms with E-state index in [0.717, 1.165) is 9.35 Å². The van der Waals surface area contributed by atoms with Crippen LogP contribution in [0.1, 0.15) is 18.2 Å². The van der Waals surface area contributed by atoms with Crippen LogP contribution >= 0.6 is 27.3 Å². The summed E-state index contributed by atoms with van der Waals surface area (Å²) in [4.78, 5) is 24.9. The van der Waals surface area contributed by atoms with Crippen LogP contribution in [0.15, 0.2) is 15.9 Å². The summed E-state index contributed by atoms with van der Waals surface area (Å²) >= 11 is 4.94. The topological polar surface area (TPSA) is 37.4 Å². The van der Waals surface area contributed by atoms with E-state index in [1.807, 2.05) is 11.4 Å². The Kier molecular flexibility index (Phi) is 4.47. The molecule has 0 aromatic carbocycles. The van der Waals surface area contributed by atoms with Crippen molar-refractivity contribution >= 4 is 39.0 Å². The molecule has 5 heteroatoms. The average Bonchev–Trinajstić information content (AvgIpc) is 2.50. The molecule has 0 radical (unpaired) electrons. The van der Waals surface area contributed by atoms with Gasteiger partial charge < -0.3 is 4.90 Å². The second kappa shape index (κ2) is 5.42. The first-order chi connectivity index (χ1) is 6.99. The molecule has 0 atom stereocenters. The van der Waals surface area contributed by atoms with Crippen LogP contribution in [-0.4, -0.2) is 23.6 Å². The van der Waals surface area contributed by atoms with Crippen molar-refractivity contribution in [2.45, 2.75) is 19.9 Å². The van der Waals surface area contributed by atoms with Gasteiger partial charge in [0.2, 0.25) is 5.91 Å². The molecule has 0 unspecified atom stereocenters. The van der Waals surface area contributed by atoms with E-state index in [4.69, 9.17) is 0 Å². The van der Waals surface area contributed by atoms with Gasteiger partial charge in [0.15, 0.2) is 0 Å². The molecule has 0 N–H and O–H groups in total. The molecule has 1 aromatic rings. The predicted molar refractivity (Wildman–Crippen MR) is 63.8 cm³/mol. The summed E-state index contributed by atoms with van der Waals surface area (Å²) in [6, 6.07) is 1.97. The van der Waals surface area contributed by atoms with Crippen molar-refractivity contribution in [1.29, 1.82) is 0 Å². The Bertz CT molecular complexity index is 375. The van der Waals surface area contributed by atoms with Gasteiger partial charge in [0.25, 0.3) is 0 Å². The van der Waals surface area contributed by atoms with E-state index < -0.39 is 0 Å². The van der Waals surface area contributed by atoms with Crippen LogP contribution in [0.25, 0.3) is 0 Å². The molecule has 15 heavy (non-hydrogen) atoms. The van der Waals surface area contributed by atoms with Crippen molar-refractivity contribution in [2.75, 3.05) is 7.05 Å². The van der Waals surface area contributed by atoms with Gasteiger partial charge >= 0.3 is 0 Å². The van der Waals surface area contributed by atoms with Crippen LogP contribution < -0.4 is 0 Å². The number of rotatable bonds is 4. The average molecular weight is 290 g/mol. The van der Waals surface area contributed by atoms with Crippen LogP contribution in [0, 0.1) is 0 Å². The Hall–Kier alpha value is -0.680. The molecule has 82 valence electrons. The molecule has 0 spiro atoms. The number of hydrogen-bond donors (Lipinski definition) is 0. The van der Waals surface area contributed by atoms with Crippen LogP contribution in [0.3, 0.4) is 0 Å². The monoisotopic (exact) mass is 289 g/mol. The Morgan fingerprint density at radius 3 is 2.67 bits per heavy atom. The summed E-state index contributed by atoms with van der Waals surface area (Å²) in [6.07, 6.45) is -0.0109. The molecule has 0 bridgehead atoms. The zero-order chi connectivity index (χ0) is 11.4. The van der Waals surface area contributed by atoms with E-state index in [2.05, 4.69) is 15.9 Å². The highest BCUT2D eigenvalue weighted by Crippen LogP contribution is 2.20. The number of halogens is 1. The molecule has 1 amide bonds. The summed E-state index contributed by atoms with van der Waals surface area (Å²) in [7, 11) is 1.71. The number of Topliss-reactive ketones (excluding diaryl/α,β-unsaturated/α-hetero) is 1. The normalized spacial score (nSPS) is 10.1. The Morgan fingerprint density at radius 1 is 1.53 bits per heavy atom. The van der Waals surface area contributed by atoms with E-state index in [-0.39, 0.29) is 18.1 Å². The first-order valence-electron chi connectivity index (χ1n) is 4.45. The maximum atomic E-state index is 11.5. The fraction of sp³-hybridized carbons (Fsp3) is 0.400. The van der Waals surface area contributed by atoms with E-state index in [1.54, 1.807) is 23.3 Å². The SMILES string of the molecule is CC(=O)CC(=O)N(C)Cc1cc(Br)cs1. The van der Waals surface area contributed by atoms with Crippen molar-refractivity contribution in [3.8, 4) is 0 Å². The summed E-state index contributed by atoms with van der Waals surface area (Å²) in [5.41, 5.74) is 0. The molecule has 0 saturated heterocycles. The third-order valence-electron chi connectivity index (χ3n) is 1.84. The lowest BCUT2D eigenvalue weighted by Gasteiger charge is -2.14. The molecule has 0 aliphatic heterocycles. The third kappa shape index (κ3) is 4.13. The van der Waals surface area contributed by atoms with Gasteiger partial charge in [0, 0.05) is 21.8 Å². The van der Waals surface area contributed by atoms with Crippen molar-refractivity contribution in [3.05, 3.63) is 20.8 Å². The quantitative estimate of drug-likeness (QED) is 0.799. The summed E-state index contributed by atoms with van der Waals surface area (Å²) < 4.78 is 1.02. The van der Waals surface area contributed by atoms with Gasteiger partial charge in [0.1, 0.15) is 5.78 Å². The summed E-state index contributed by atoms with van der Waals surface area (Å²) in [5, 5.41) is 1.97. The molecular weight excluding hydrogens is 278 g/mol. The second-order valence-electron chi connectivity index (χ2n) is 3.36. The number of amides is 1. The fourth-order valence-electron chi connectivity index (χ4n) is 1.11. The minimum atomic E-state index is -0.132. The standard InChI is InChI=1S/C10H12BrNO2S/c1-7(13)3-10(14)12(2)5-9-4-8(11)6-15-9/h4,6H,3,5H2,1-2H3. The molecule has 1 aromatic heterocycles. The van der Waals surface area contributed by atoms with Crippen molar-refractivity contribution in [3.63, 3.8) is 0 Å². The van der Waals surface area contributed by atoms with Gasteiger partial charge in [-0.3, -0.25) is 9.59 Å². The number of carbonyl (C=O) groups is 2. The van der Waals surface area contributed by atoms with Gasteiger partial charge in [-0.05, 0) is 28.9 Å². The minimum absolute atomic E-state index is 0.0109. The molecule has 0 fully saturated rings. The number of nitrogens with zero attached hydrogens (tertiary/aromatic N) is 1. The zero-order valence-corrected chi connectivity index (χ0v) is 11.0. The van der Waals surface area contributed by atoms with E-state index >= 15 is 0 Å². The molecule has 0 aliphatic rings. The second-order valence-corrected chi connectivity index (χ2v) is 5.27. The first-order valence-corrected chi connectivity index (χ1v) is 6.12. The number of carbonyl (C=O) groups excluding carboxylic acids is 2. The third-order valence-corrected chi connectivity index (χ3v) is 3.52. The van der Waals surface area contributed by atoms with Gasteiger partial charge in [-0.1, -0.05) is 0 Å². The van der Waals surface area contributed by atoms with E-state index in [9.17, 15) is 9.59 Å². The van der Waals surface area contributed by atoms with Crippen LogP contribution in [0.4, 0.5) is 0 Å². The molecule has 1 rings (SSSR count). The highest BCUT2D eigenvalue weighted by Gasteiger charge is 2.12. The van der Waals surface area contributed by atoms with Crippen molar-refractivity contribution in [1.82, 2.24) is 4.90 Å². The summed E-state index contributed by atoms with van der Waals surface area (Å²) in [5.74, 6) is -0.230. The highest BCUT2D eigenvalue weighted by atomic mass is 79.9. The van der Waals surface area contributed by atoms with Gasteiger partial charge in [0.05, 0.1) is 13.0 Å². The molecule has 0 saturated carbocycles. The maximum Gasteiger partial charge on any atom is 0.230 e. The predicted octanol–water partition coefficient (Wildman–Crippen LogP) is 2.45. The van der Waals surface area contributed by atoms with Crippen LogP contribution in [0.5, 0.6) is 0 Å². The van der Waals surface area contributed by atoms with Gasteiger partial charge in [-0.15, -0.1) is 11.3 Å². The number of thiophene rings is 1. The highest BCUT2D eigenvalue weighted by molar-refractivity contribution is 9.10. The van der Waals surface area contributed by atoms with Crippen molar-refractivity contribution in [2.24, 2.45) is 0 Å². The van der Waals surface area contributed by atoms with Crippen LogP contribution in [0.2, 0.25) is 0 Å². The Balaban J connectivity index is 2.51. The smallest absolute Gasteiger partial charge is 0.230 e. The lowest BCUT2D eigenvalue weighted by Crippen LogP contribution is -2.27. The maximum absolute atomic E-state index is 11.5. The fourth-order valence-corrected chi connectivity index (χ4v) is 2.61. The molecule has 1 heterocycles. The van der Waals surface area contributed by atoms with Crippen LogP contribution in [-0.2, 0) is 16.1 Å². The Labute approximate surface area is 101 Å². The van der Waals surface area contributed by atoms with E-state index in [1.165, 1.54) is 6.92 Å². The van der Waals surface area contributed by atoms with Gasteiger partial charge in [-0.25, -0.2) is 0 Å². The largest absolute Gasteiger partial charge is 0.340 e. The van der Waals surface area contributed by atoms with E-state index in [0.29, 0.717) is 6.54 Å². The summed E-state index contributed by atoms with van der Waals surface area (Å²) in [6.45, 7) is 1.98. The molecular formula is C10H12BrNO2S.